The Bertz CT molecular complexity index is 739. The Hall–Kier alpha value is -2.27. The third-order valence-electron chi connectivity index (χ3n) is 3.04. The summed E-state index contributed by atoms with van der Waals surface area (Å²) in [6.45, 7) is 5.70. The van der Waals surface area contributed by atoms with Crippen LogP contribution in [0.5, 0.6) is 0 Å². The molecule has 23 heavy (non-hydrogen) atoms. The molecule has 0 aliphatic carbocycles. The van der Waals surface area contributed by atoms with E-state index in [1.54, 1.807) is 12.1 Å². The lowest BCUT2D eigenvalue weighted by atomic mass is 10.00. The molecular formula is C17H18ClN3O2. The summed E-state index contributed by atoms with van der Waals surface area (Å²) in [5.74, 6) is -0.373. The van der Waals surface area contributed by atoms with Gasteiger partial charge in [-0.2, -0.15) is 0 Å². The first kappa shape index (κ1) is 17.1. The molecule has 2 rings (SSSR count). The number of nitrogens with one attached hydrogen (secondary N) is 1. The van der Waals surface area contributed by atoms with Gasteiger partial charge in [-0.1, -0.05) is 11.6 Å². The van der Waals surface area contributed by atoms with Crippen molar-refractivity contribution < 1.29 is 9.59 Å². The molecule has 0 radical (unpaired) electrons. The molecule has 2 aromatic heterocycles. The van der Waals surface area contributed by atoms with Crippen LogP contribution in [0.2, 0.25) is 5.15 Å². The molecule has 0 aromatic carbocycles. The Morgan fingerprint density at radius 3 is 2.61 bits per heavy atom. The van der Waals surface area contributed by atoms with E-state index in [4.69, 9.17) is 11.6 Å². The second-order valence-corrected chi connectivity index (χ2v) is 6.59. The van der Waals surface area contributed by atoms with Crippen molar-refractivity contribution in [2.24, 2.45) is 0 Å². The lowest BCUT2D eigenvalue weighted by molar-refractivity contribution is 0.0918. The van der Waals surface area contributed by atoms with Crippen molar-refractivity contribution in [3.63, 3.8) is 0 Å². The normalized spacial score (nSPS) is 11.1. The first-order valence-electron chi connectivity index (χ1n) is 7.16. The second kappa shape index (κ2) is 6.87. The Balaban J connectivity index is 2.24. The van der Waals surface area contributed by atoms with E-state index < -0.39 is 0 Å². The standard InChI is InChI=1S/C17H18ClN3O2/c1-17(2,3)21-16(23)13-5-6-19-10-12(13)8-14(22)11-4-7-20-15(18)9-11/h4-7,9-10H,8H2,1-3H3,(H,21,23). The van der Waals surface area contributed by atoms with Crippen molar-refractivity contribution in [1.82, 2.24) is 15.3 Å². The van der Waals surface area contributed by atoms with E-state index in [0.717, 1.165) is 0 Å². The minimum atomic E-state index is -0.361. The Morgan fingerprint density at radius 1 is 1.22 bits per heavy atom. The average molecular weight is 332 g/mol. The number of aromatic nitrogens is 2. The molecular weight excluding hydrogens is 314 g/mol. The molecule has 6 heteroatoms. The average Bonchev–Trinajstić information content (AvgIpc) is 2.46. The summed E-state index contributed by atoms with van der Waals surface area (Å²) in [6, 6.07) is 4.72. The number of ketones is 1. The first-order valence-corrected chi connectivity index (χ1v) is 7.54. The minimum absolute atomic E-state index is 0.0705. The number of carbonyl (C=O) groups is 2. The van der Waals surface area contributed by atoms with Gasteiger partial charge < -0.3 is 5.32 Å². The van der Waals surface area contributed by atoms with E-state index >= 15 is 0 Å². The molecule has 0 fully saturated rings. The molecule has 0 unspecified atom stereocenters. The number of carbonyl (C=O) groups excluding carboxylic acids is 2. The van der Waals surface area contributed by atoms with Crippen molar-refractivity contribution in [3.05, 3.63) is 58.6 Å². The molecule has 5 nitrogen and oxygen atoms in total. The van der Waals surface area contributed by atoms with Gasteiger partial charge in [0.05, 0.1) is 0 Å². The third kappa shape index (κ3) is 4.86. The molecule has 0 bridgehead atoms. The van der Waals surface area contributed by atoms with Crippen LogP contribution in [0.15, 0.2) is 36.8 Å². The van der Waals surface area contributed by atoms with Gasteiger partial charge in [-0.3, -0.25) is 14.6 Å². The Kier molecular flexibility index (Phi) is 5.11. The number of hydrogen-bond acceptors (Lipinski definition) is 4. The number of hydrogen-bond donors (Lipinski definition) is 1. The van der Waals surface area contributed by atoms with Crippen LogP contribution < -0.4 is 5.32 Å². The van der Waals surface area contributed by atoms with Crippen LogP contribution in [0.25, 0.3) is 0 Å². The van der Waals surface area contributed by atoms with Crippen molar-refractivity contribution in [2.75, 3.05) is 0 Å². The van der Waals surface area contributed by atoms with Gasteiger partial charge in [0.25, 0.3) is 5.91 Å². The van der Waals surface area contributed by atoms with Gasteiger partial charge in [-0.05, 0) is 44.5 Å². The highest BCUT2D eigenvalue weighted by atomic mass is 35.5. The Morgan fingerprint density at radius 2 is 1.96 bits per heavy atom. The maximum absolute atomic E-state index is 12.4. The van der Waals surface area contributed by atoms with Crippen LogP contribution >= 0.6 is 11.6 Å². The summed E-state index contributed by atoms with van der Waals surface area (Å²) in [7, 11) is 0. The topological polar surface area (TPSA) is 72.0 Å². The van der Waals surface area contributed by atoms with Gasteiger partial charge in [0, 0.05) is 41.7 Å². The monoisotopic (exact) mass is 331 g/mol. The number of pyridine rings is 2. The van der Waals surface area contributed by atoms with Crippen molar-refractivity contribution in [2.45, 2.75) is 32.7 Å². The molecule has 0 aliphatic heterocycles. The van der Waals surface area contributed by atoms with Crippen LogP contribution in [0.4, 0.5) is 0 Å². The molecule has 2 heterocycles. The van der Waals surface area contributed by atoms with E-state index in [1.165, 1.54) is 24.7 Å². The maximum atomic E-state index is 12.4. The summed E-state index contributed by atoms with van der Waals surface area (Å²) in [5, 5.41) is 3.15. The van der Waals surface area contributed by atoms with Crippen LogP contribution in [-0.4, -0.2) is 27.2 Å². The number of Topliss-reactive ketones (excluding diaryl/α,β-unsaturated/α-hetero) is 1. The first-order chi connectivity index (χ1) is 10.8. The predicted molar refractivity (Wildman–Crippen MR) is 88.7 cm³/mol. The van der Waals surface area contributed by atoms with Crippen LogP contribution in [0, 0.1) is 0 Å². The highest BCUT2D eigenvalue weighted by Gasteiger charge is 2.19. The van der Waals surface area contributed by atoms with E-state index in [0.29, 0.717) is 16.7 Å². The van der Waals surface area contributed by atoms with Crippen molar-refractivity contribution in [3.8, 4) is 0 Å². The SMILES string of the molecule is CC(C)(C)NC(=O)c1ccncc1CC(=O)c1ccnc(Cl)c1. The third-order valence-corrected chi connectivity index (χ3v) is 3.24. The smallest absolute Gasteiger partial charge is 0.252 e. The zero-order valence-corrected chi connectivity index (χ0v) is 14.0. The number of halogens is 1. The van der Waals surface area contributed by atoms with E-state index in [1.807, 2.05) is 20.8 Å². The second-order valence-electron chi connectivity index (χ2n) is 6.20. The summed E-state index contributed by atoms with van der Waals surface area (Å²) in [6.07, 6.45) is 4.63. The molecule has 1 amide bonds. The minimum Gasteiger partial charge on any atom is -0.347 e. The molecule has 1 N–H and O–H groups in total. The molecule has 120 valence electrons. The van der Waals surface area contributed by atoms with Gasteiger partial charge in [0.1, 0.15) is 5.15 Å². The van der Waals surface area contributed by atoms with Crippen molar-refractivity contribution >= 4 is 23.3 Å². The lowest BCUT2D eigenvalue weighted by Gasteiger charge is -2.21. The molecule has 0 aliphatic rings. The Labute approximate surface area is 140 Å². The fourth-order valence-electron chi connectivity index (χ4n) is 2.05. The zero-order valence-electron chi connectivity index (χ0n) is 13.3. The summed E-state index contributed by atoms with van der Waals surface area (Å²) in [5.41, 5.74) is 1.12. The van der Waals surface area contributed by atoms with Gasteiger partial charge in [-0.25, -0.2) is 4.98 Å². The fraction of sp³-hybridized carbons (Fsp3) is 0.294. The fourth-order valence-corrected chi connectivity index (χ4v) is 2.22. The molecule has 2 aromatic rings. The lowest BCUT2D eigenvalue weighted by Crippen LogP contribution is -2.41. The number of nitrogens with zero attached hydrogens (tertiary/aromatic N) is 2. The van der Waals surface area contributed by atoms with Crippen LogP contribution in [0.3, 0.4) is 0 Å². The van der Waals surface area contributed by atoms with Gasteiger partial charge in [0.15, 0.2) is 5.78 Å². The quantitative estimate of drug-likeness (QED) is 0.690. The molecule has 0 spiro atoms. The zero-order chi connectivity index (χ0) is 17.0. The number of amides is 1. The molecule has 0 saturated carbocycles. The summed E-state index contributed by atoms with van der Waals surface area (Å²) in [4.78, 5) is 32.6. The largest absolute Gasteiger partial charge is 0.347 e. The van der Waals surface area contributed by atoms with Gasteiger partial charge in [-0.15, -0.1) is 0 Å². The van der Waals surface area contributed by atoms with Gasteiger partial charge in [0.2, 0.25) is 0 Å². The number of rotatable bonds is 4. The predicted octanol–water partition coefficient (Wildman–Crippen LogP) is 3.08. The molecule has 0 atom stereocenters. The van der Waals surface area contributed by atoms with Crippen LogP contribution in [0.1, 0.15) is 47.1 Å². The van der Waals surface area contributed by atoms with Crippen LogP contribution in [-0.2, 0) is 6.42 Å². The maximum Gasteiger partial charge on any atom is 0.252 e. The van der Waals surface area contributed by atoms with E-state index in [-0.39, 0.29) is 28.8 Å². The highest BCUT2D eigenvalue weighted by molar-refractivity contribution is 6.29. The summed E-state index contributed by atoms with van der Waals surface area (Å²) >= 11 is 5.81. The van der Waals surface area contributed by atoms with Gasteiger partial charge >= 0.3 is 0 Å². The summed E-state index contributed by atoms with van der Waals surface area (Å²) < 4.78 is 0. The molecule has 0 saturated heterocycles. The van der Waals surface area contributed by atoms with Crippen molar-refractivity contribution in [1.29, 1.82) is 0 Å². The highest BCUT2D eigenvalue weighted by Crippen LogP contribution is 2.14. The van der Waals surface area contributed by atoms with E-state index in [2.05, 4.69) is 15.3 Å². The van der Waals surface area contributed by atoms with E-state index in [9.17, 15) is 9.59 Å².